The number of benzene rings is 7. The van der Waals surface area contributed by atoms with E-state index in [0.29, 0.717) is 5.95 Å². The summed E-state index contributed by atoms with van der Waals surface area (Å²) >= 11 is 1.85. The van der Waals surface area contributed by atoms with Crippen molar-refractivity contribution in [1.29, 1.82) is 0 Å². The Morgan fingerprint density at radius 2 is 1.06 bits per heavy atom. The molecule has 0 unspecified atom stereocenters. The fourth-order valence-electron chi connectivity index (χ4n) is 7.90. The minimum absolute atomic E-state index is 0.668. The lowest BCUT2D eigenvalue weighted by Crippen LogP contribution is -2.03. The number of hydrogen-bond acceptors (Lipinski definition) is 3. The van der Waals surface area contributed by atoms with Gasteiger partial charge in [-0.1, -0.05) is 133 Å². The molecule has 0 spiro atoms. The highest BCUT2D eigenvalue weighted by Crippen LogP contribution is 2.47. The van der Waals surface area contributed by atoms with Crippen LogP contribution in [0.15, 0.2) is 170 Å². The van der Waals surface area contributed by atoms with Gasteiger partial charge in [0.05, 0.1) is 32.5 Å². The van der Waals surface area contributed by atoms with Gasteiger partial charge in [0.1, 0.15) is 4.83 Å². The van der Waals surface area contributed by atoms with Crippen molar-refractivity contribution in [2.45, 2.75) is 0 Å². The van der Waals surface area contributed by atoms with E-state index in [1.165, 1.54) is 47.5 Å². The molecule has 0 N–H and O–H groups in total. The maximum Gasteiger partial charge on any atom is 0.235 e. The zero-order valence-electron chi connectivity index (χ0n) is 27.4. The molecule has 51 heavy (non-hydrogen) atoms. The van der Waals surface area contributed by atoms with Crippen molar-refractivity contribution in [3.8, 4) is 34.0 Å². The lowest BCUT2D eigenvalue weighted by Gasteiger charge is -2.13. The van der Waals surface area contributed by atoms with Crippen LogP contribution in [0, 0.1) is 0 Å². The molecule has 0 amide bonds. The zero-order chi connectivity index (χ0) is 33.5. The molecule has 0 atom stereocenters. The van der Waals surface area contributed by atoms with Crippen LogP contribution in [0.25, 0.3) is 97.9 Å². The summed E-state index contributed by atoms with van der Waals surface area (Å²) in [6.07, 6.45) is 0. The summed E-state index contributed by atoms with van der Waals surface area (Å²) in [5.74, 6) is 0.668. The first-order chi connectivity index (χ1) is 25.3. The Hall–Kier alpha value is -6.56. The van der Waals surface area contributed by atoms with Crippen molar-refractivity contribution < 1.29 is 0 Å². The average molecular weight is 669 g/mol. The molecule has 11 aromatic rings. The quantitative estimate of drug-likeness (QED) is 0.187. The lowest BCUT2D eigenvalue weighted by molar-refractivity contribution is 1.02. The third kappa shape index (κ3) is 4.19. The van der Waals surface area contributed by atoms with Gasteiger partial charge in [0.15, 0.2) is 0 Å². The Bertz CT molecular complexity index is 3130. The van der Waals surface area contributed by atoms with Gasteiger partial charge >= 0.3 is 0 Å². The van der Waals surface area contributed by atoms with E-state index in [4.69, 9.17) is 9.97 Å². The molecule has 4 aromatic heterocycles. The van der Waals surface area contributed by atoms with Crippen molar-refractivity contribution >= 4 is 75.3 Å². The van der Waals surface area contributed by atoms with Crippen molar-refractivity contribution in [2.24, 2.45) is 0 Å². The van der Waals surface area contributed by atoms with E-state index in [-0.39, 0.29) is 0 Å². The van der Waals surface area contributed by atoms with Crippen LogP contribution in [-0.2, 0) is 0 Å². The monoisotopic (exact) mass is 668 g/mol. The predicted molar refractivity (Wildman–Crippen MR) is 214 cm³/mol. The lowest BCUT2D eigenvalue weighted by atomic mass is 10.00. The van der Waals surface area contributed by atoms with Crippen LogP contribution in [0.3, 0.4) is 0 Å². The molecule has 0 saturated heterocycles. The number of thiophene rings is 1. The Kier molecular flexibility index (Phi) is 6.09. The molecule has 4 nitrogen and oxygen atoms in total. The molecule has 0 saturated carbocycles. The summed E-state index contributed by atoms with van der Waals surface area (Å²) in [6, 6.07) is 60.3. The standard InChI is InChI=1S/C46H28N4S/c1-3-14-29(15-4-1)30-16-13-17-31(28-30)42-35-21-7-10-23-38(35)47-46(48-42)50-39-24-11-8-20-33(39)34-26-27-37-41-36-22-9-12-25-40(36)49(32-18-5-2-6-19-32)45(41)51-44(37)43(34)50/h1-28H. The van der Waals surface area contributed by atoms with E-state index in [1.54, 1.807) is 0 Å². The number of hydrogen-bond donors (Lipinski definition) is 0. The summed E-state index contributed by atoms with van der Waals surface area (Å²) in [7, 11) is 0. The van der Waals surface area contributed by atoms with Crippen molar-refractivity contribution in [2.75, 3.05) is 0 Å². The Morgan fingerprint density at radius 3 is 1.88 bits per heavy atom. The van der Waals surface area contributed by atoms with E-state index >= 15 is 0 Å². The highest BCUT2D eigenvalue weighted by Gasteiger charge is 2.23. The summed E-state index contributed by atoms with van der Waals surface area (Å²) in [5.41, 5.74) is 9.84. The van der Waals surface area contributed by atoms with Crippen LogP contribution < -0.4 is 0 Å². The Labute approximate surface area is 297 Å². The van der Waals surface area contributed by atoms with Crippen molar-refractivity contribution in [1.82, 2.24) is 19.1 Å². The summed E-state index contributed by atoms with van der Waals surface area (Å²) < 4.78 is 5.95. The highest BCUT2D eigenvalue weighted by molar-refractivity contribution is 7.26. The van der Waals surface area contributed by atoms with Gasteiger partial charge in [0.25, 0.3) is 0 Å². The van der Waals surface area contributed by atoms with Crippen LogP contribution in [0.1, 0.15) is 0 Å². The number of para-hydroxylation sites is 4. The SMILES string of the molecule is c1ccc(-c2cccc(-c3nc(-n4c5ccccc5c5ccc6c(sc7c6c6ccccc6n7-c6ccccc6)c54)nc4ccccc34)c2)cc1. The molecule has 0 radical (unpaired) electrons. The summed E-state index contributed by atoms with van der Waals surface area (Å²) in [6.45, 7) is 0. The van der Waals surface area contributed by atoms with Crippen molar-refractivity contribution in [3.63, 3.8) is 0 Å². The molecule has 0 aliphatic heterocycles. The van der Waals surface area contributed by atoms with Gasteiger partial charge in [-0.25, -0.2) is 9.97 Å². The molecule has 5 heteroatoms. The van der Waals surface area contributed by atoms with Crippen LogP contribution in [0.4, 0.5) is 0 Å². The Morgan fingerprint density at radius 1 is 0.431 bits per heavy atom. The normalized spacial score (nSPS) is 11.9. The number of rotatable bonds is 4. The summed E-state index contributed by atoms with van der Waals surface area (Å²) in [5, 5.41) is 7.20. The third-order valence-corrected chi connectivity index (χ3v) is 11.3. The third-order valence-electron chi connectivity index (χ3n) is 10.1. The minimum Gasteiger partial charge on any atom is -0.301 e. The fourth-order valence-corrected chi connectivity index (χ4v) is 9.29. The van der Waals surface area contributed by atoms with Crippen LogP contribution in [-0.4, -0.2) is 19.1 Å². The number of nitrogens with zero attached hydrogens (tertiary/aromatic N) is 4. The molecule has 11 rings (SSSR count). The van der Waals surface area contributed by atoms with Gasteiger partial charge in [0, 0.05) is 43.6 Å². The van der Waals surface area contributed by atoms with Gasteiger partial charge in [-0.2, -0.15) is 0 Å². The molecular formula is C46H28N4S. The maximum absolute atomic E-state index is 5.46. The maximum atomic E-state index is 5.46. The van der Waals surface area contributed by atoms with Gasteiger partial charge in [-0.15, -0.1) is 11.3 Å². The van der Waals surface area contributed by atoms with E-state index < -0.39 is 0 Å². The molecule has 7 aromatic carbocycles. The first-order valence-electron chi connectivity index (χ1n) is 17.2. The number of aromatic nitrogens is 4. The second kappa shape index (κ2) is 11.0. The summed E-state index contributed by atoms with van der Waals surface area (Å²) in [4.78, 5) is 12.0. The van der Waals surface area contributed by atoms with Gasteiger partial charge in [-0.05, 0) is 47.5 Å². The molecule has 0 fully saturated rings. The average Bonchev–Trinajstić information content (AvgIpc) is 3.85. The molecule has 0 aliphatic rings. The second-order valence-electron chi connectivity index (χ2n) is 13.0. The first kappa shape index (κ1) is 28.3. The van der Waals surface area contributed by atoms with E-state index in [9.17, 15) is 0 Å². The van der Waals surface area contributed by atoms with Gasteiger partial charge in [-0.3, -0.25) is 4.57 Å². The largest absolute Gasteiger partial charge is 0.301 e. The molecular weight excluding hydrogens is 641 g/mol. The first-order valence-corrected chi connectivity index (χ1v) is 18.0. The molecule has 238 valence electrons. The van der Waals surface area contributed by atoms with Crippen LogP contribution in [0.5, 0.6) is 0 Å². The predicted octanol–water partition coefficient (Wildman–Crippen LogP) is 12.4. The number of fused-ring (bicyclic) bond motifs is 10. The fraction of sp³-hybridized carbons (Fsp3) is 0. The smallest absolute Gasteiger partial charge is 0.235 e. The van der Waals surface area contributed by atoms with E-state index in [0.717, 1.165) is 44.4 Å². The Balaban J connectivity index is 1.24. The zero-order valence-corrected chi connectivity index (χ0v) is 28.2. The van der Waals surface area contributed by atoms with E-state index in [2.05, 4.69) is 179 Å². The van der Waals surface area contributed by atoms with Gasteiger partial charge < -0.3 is 4.57 Å². The second-order valence-corrected chi connectivity index (χ2v) is 14.0. The highest BCUT2D eigenvalue weighted by atomic mass is 32.1. The van der Waals surface area contributed by atoms with Crippen LogP contribution >= 0.6 is 11.3 Å². The molecule has 4 heterocycles. The van der Waals surface area contributed by atoms with Crippen molar-refractivity contribution in [3.05, 3.63) is 170 Å². The molecule has 0 aliphatic carbocycles. The minimum atomic E-state index is 0.668. The van der Waals surface area contributed by atoms with Gasteiger partial charge in [0.2, 0.25) is 5.95 Å². The van der Waals surface area contributed by atoms with E-state index in [1.807, 2.05) is 11.3 Å². The molecule has 0 bridgehead atoms. The topological polar surface area (TPSA) is 35.6 Å². The van der Waals surface area contributed by atoms with Crippen LogP contribution in [0.2, 0.25) is 0 Å².